The predicted octanol–water partition coefficient (Wildman–Crippen LogP) is 4.49. The maximum Gasteiger partial charge on any atom is 0.238 e. The van der Waals surface area contributed by atoms with E-state index in [0.717, 1.165) is 13.0 Å². The maximum atomic E-state index is 11.7. The Morgan fingerprint density at radius 2 is 1.90 bits per heavy atom. The molecule has 0 atom stereocenters. The molecule has 0 saturated heterocycles. The lowest BCUT2D eigenvalue weighted by atomic mass is 10.1. The summed E-state index contributed by atoms with van der Waals surface area (Å²) in [5.74, 6) is -0.109. The van der Waals surface area contributed by atoms with Gasteiger partial charge in [0.1, 0.15) is 0 Å². The van der Waals surface area contributed by atoms with Crippen LogP contribution in [0.5, 0.6) is 0 Å². The van der Waals surface area contributed by atoms with Gasteiger partial charge in [0.2, 0.25) is 5.91 Å². The molecule has 1 rings (SSSR count). The van der Waals surface area contributed by atoms with Crippen LogP contribution < -0.4 is 10.6 Å². The van der Waals surface area contributed by atoms with Crippen molar-refractivity contribution >= 4 is 34.8 Å². The van der Waals surface area contributed by atoms with Gasteiger partial charge < -0.3 is 10.6 Å². The number of halogens is 2. The Morgan fingerprint density at radius 1 is 1.15 bits per heavy atom. The Morgan fingerprint density at radius 3 is 2.65 bits per heavy atom. The van der Waals surface area contributed by atoms with Gasteiger partial charge in [0, 0.05) is 5.02 Å². The molecule has 2 N–H and O–H groups in total. The summed E-state index contributed by atoms with van der Waals surface area (Å²) in [7, 11) is 0. The molecule has 0 aliphatic carbocycles. The molecule has 0 spiro atoms. The van der Waals surface area contributed by atoms with Gasteiger partial charge in [-0.25, -0.2) is 0 Å². The molecule has 0 aliphatic rings. The molecule has 112 valence electrons. The minimum absolute atomic E-state index is 0.109. The molecule has 0 unspecified atom stereocenters. The third-order valence-electron chi connectivity index (χ3n) is 2.95. The summed E-state index contributed by atoms with van der Waals surface area (Å²) in [6, 6.07) is 5.00. The number of unbranched alkanes of at least 4 members (excludes halogenated alkanes) is 4. The van der Waals surface area contributed by atoms with Crippen LogP contribution in [0, 0.1) is 0 Å². The molecule has 0 fully saturated rings. The third-order valence-corrected chi connectivity index (χ3v) is 3.51. The van der Waals surface area contributed by atoms with Gasteiger partial charge in [0.05, 0.1) is 17.3 Å². The normalized spacial score (nSPS) is 10.6. The van der Waals surface area contributed by atoms with Crippen molar-refractivity contribution in [1.29, 1.82) is 0 Å². The van der Waals surface area contributed by atoms with Crippen LogP contribution in [0.1, 0.15) is 39.0 Å². The second kappa shape index (κ2) is 10.0. The first kappa shape index (κ1) is 17.3. The van der Waals surface area contributed by atoms with Crippen LogP contribution in [0.4, 0.5) is 5.69 Å². The van der Waals surface area contributed by atoms with Crippen molar-refractivity contribution in [2.24, 2.45) is 0 Å². The fourth-order valence-corrected chi connectivity index (χ4v) is 2.18. The molecule has 20 heavy (non-hydrogen) atoms. The van der Waals surface area contributed by atoms with E-state index < -0.39 is 0 Å². The van der Waals surface area contributed by atoms with E-state index in [9.17, 15) is 4.79 Å². The third kappa shape index (κ3) is 7.13. The second-order valence-electron chi connectivity index (χ2n) is 4.76. The van der Waals surface area contributed by atoms with Gasteiger partial charge in [-0.05, 0) is 31.2 Å². The summed E-state index contributed by atoms with van der Waals surface area (Å²) in [4.78, 5) is 11.7. The van der Waals surface area contributed by atoms with Gasteiger partial charge in [0.15, 0.2) is 0 Å². The van der Waals surface area contributed by atoms with Crippen molar-refractivity contribution in [2.75, 3.05) is 18.4 Å². The van der Waals surface area contributed by atoms with Crippen LogP contribution in [-0.2, 0) is 4.79 Å². The zero-order valence-corrected chi connectivity index (χ0v) is 13.4. The highest BCUT2D eigenvalue weighted by Gasteiger charge is 2.06. The second-order valence-corrected chi connectivity index (χ2v) is 5.61. The van der Waals surface area contributed by atoms with E-state index in [2.05, 4.69) is 17.6 Å². The number of benzene rings is 1. The van der Waals surface area contributed by atoms with E-state index in [1.807, 2.05) is 0 Å². The first-order valence-electron chi connectivity index (χ1n) is 7.09. The fraction of sp³-hybridized carbons (Fsp3) is 0.533. The van der Waals surface area contributed by atoms with Crippen molar-refractivity contribution in [2.45, 2.75) is 39.0 Å². The molecule has 5 heteroatoms. The lowest BCUT2D eigenvalue weighted by Gasteiger charge is -2.08. The molecule has 1 aromatic carbocycles. The van der Waals surface area contributed by atoms with Crippen LogP contribution in [-0.4, -0.2) is 19.0 Å². The van der Waals surface area contributed by atoms with Crippen molar-refractivity contribution in [3.8, 4) is 0 Å². The minimum Gasteiger partial charge on any atom is -0.324 e. The van der Waals surface area contributed by atoms with Crippen LogP contribution >= 0.6 is 23.2 Å². The highest BCUT2D eigenvalue weighted by atomic mass is 35.5. The topological polar surface area (TPSA) is 41.1 Å². The summed E-state index contributed by atoms with van der Waals surface area (Å²) in [6.45, 7) is 3.35. The van der Waals surface area contributed by atoms with E-state index in [1.54, 1.807) is 18.2 Å². The van der Waals surface area contributed by atoms with E-state index >= 15 is 0 Å². The molecule has 1 amide bonds. The van der Waals surface area contributed by atoms with E-state index in [4.69, 9.17) is 23.2 Å². The number of hydrogen-bond donors (Lipinski definition) is 2. The molecular weight excluding hydrogens is 295 g/mol. The predicted molar refractivity (Wildman–Crippen MR) is 86.7 cm³/mol. The van der Waals surface area contributed by atoms with Gasteiger partial charge in [0.25, 0.3) is 0 Å². The van der Waals surface area contributed by atoms with E-state index in [0.29, 0.717) is 15.7 Å². The van der Waals surface area contributed by atoms with Crippen LogP contribution in [0.25, 0.3) is 0 Å². The lowest BCUT2D eigenvalue weighted by molar-refractivity contribution is -0.115. The van der Waals surface area contributed by atoms with Crippen LogP contribution in [0.15, 0.2) is 18.2 Å². The summed E-state index contributed by atoms with van der Waals surface area (Å²) < 4.78 is 0. The number of carbonyl (C=O) groups is 1. The Balaban J connectivity index is 2.19. The van der Waals surface area contributed by atoms with Gasteiger partial charge in [-0.2, -0.15) is 0 Å². The van der Waals surface area contributed by atoms with Gasteiger partial charge in [-0.1, -0.05) is 55.8 Å². The number of amides is 1. The Hall–Kier alpha value is -0.770. The van der Waals surface area contributed by atoms with Crippen LogP contribution in [0.3, 0.4) is 0 Å². The molecule has 0 radical (unpaired) electrons. The Bertz CT molecular complexity index is 424. The van der Waals surface area contributed by atoms with Gasteiger partial charge in [-0.15, -0.1) is 0 Å². The number of nitrogens with one attached hydrogen (secondary N) is 2. The minimum atomic E-state index is -0.109. The lowest BCUT2D eigenvalue weighted by Crippen LogP contribution is -2.28. The monoisotopic (exact) mass is 316 g/mol. The maximum absolute atomic E-state index is 11.7. The van der Waals surface area contributed by atoms with Crippen molar-refractivity contribution in [3.05, 3.63) is 28.2 Å². The van der Waals surface area contributed by atoms with Crippen molar-refractivity contribution < 1.29 is 4.79 Å². The zero-order valence-electron chi connectivity index (χ0n) is 11.8. The molecule has 0 heterocycles. The average Bonchev–Trinajstić information content (AvgIpc) is 2.42. The highest BCUT2D eigenvalue weighted by Crippen LogP contribution is 2.25. The molecule has 1 aromatic rings. The smallest absolute Gasteiger partial charge is 0.238 e. The van der Waals surface area contributed by atoms with E-state index in [1.165, 1.54) is 25.7 Å². The Kier molecular flexibility index (Phi) is 8.67. The van der Waals surface area contributed by atoms with Gasteiger partial charge in [-0.3, -0.25) is 4.79 Å². The quantitative estimate of drug-likeness (QED) is 0.659. The largest absolute Gasteiger partial charge is 0.324 e. The first-order chi connectivity index (χ1) is 9.63. The van der Waals surface area contributed by atoms with E-state index in [-0.39, 0.29) is 12.5 Å². The molecular formula is C15H22Cl2N2O. The summed E-state index contributed by atoms with van der Waals surface area (Å²) in [5, 5.41) is 6.91. The fourth-order valence-electron chi connectivity index (χ4n) is 1.84. The molecule has 0 bridgehead atoms. The SMILES string of the molecule is CCCCCCCNCC(=O)Nc1cc(Cl)ccc1Cl. The van der Waals surface area contributed by atoms with Crippen molar-refractivity contribution in [1.82, 2.24) is 5.32 Å². The number of rotatable bonds is 9. The summed E-state index contributed by atoms with van der Waals surface area (Å²) in [5.41, 5.74) is 0.550. The van der Waals surface area contributed by atoms with Crippen molar-refractivity contribution in [3.63, 3.8) is 0 Å². The summed E-state index contributed by atoms with van der Waals surface area (Å²) >= 11 is 11.8. The highest BCUT2D eigenvalue weighted by molar-refractivity contribution is 6.35. The molecule has 0 aliphatic heterocycles. The summed E-state index contributed by atoms with van der Waals surface area (Å²) in [6.07, 6.45) is 6.11. The molecule has 0 saturated carbocycles. The molecule has 3 nitrogen and oxygen atoms in total. The standard InChI is InChI=1S/C15H22Cl2N2O/c1-2-3-4-5-6-9-18-11-15(20)19-14-10-12(16)7-8-13(14)17/h7-8,10,18H,2-6,9,11H2,1H3,(H,19,20). The Labute approximate surface area is 131 Å². The first-order valence-corrected chi connectivity index (χ1v) is 7.84. The molecule has 0 aromatic heterocycles. The zero-order chi connectivity index (χ0) is 14.8. The number of anilines is 1. The van der Waals surface area contributed by atoms with Gasteiger partial charge >= 0.3 is 0 Å². The van der Waals surface area contributed by atoms with Crippen LogP contribution in [0.2, 0.25) is 10.0 Å². The number of carbonyl (C=O) groups excluding carboxylic acids is 1. The number of hydrogen-bond acceptors (Lipinski definition) is 2. The average molecular weight is 317 g/mol.